The van der Waals surface area contributed by atoms with Crippen molar-refractivity contribution in [3.05, 3.63) is 64.5 Å². The molecule has 5 rings (SSSR count). The fraction of sp³-hybridized carbons (Fsp3) is 0.333. The smallest absolute Gasteiger partial charge is 0.264 e. The number of amides is 1. The molecule has 0 aliphatic carbocycles. The van der Waals surface area contributed by atoms with Crippen LogP contribution in [0.4, 0.5) is 14.5 Å². The van der Waals surface area contributed by atoms with Crippen molar-refractivity contribution in [2.75, 3.05) is 31.1 Å². The maximum absolute atomic E-state index is 15.5. The van der Waals surface area contributed by atoms with Crippen molar-refractivity contribution < 1.29 is 18.7 Å². The van der Waals surface area contributed by atoms with Gasteiger partial charge in [0.15, 0.2) is 0 Å². The number of nitriles is 1. The third-order valence-corrected chi connectivity index (χ3v) is 7.97. The van der Waals surface area contributed by atoms with E-state index in [1.807, 2.05) is 11.0 Å². The van der Waals surface area contributed by atoms with Crippen LogP contribution in [0.5, 0.6) is 0 Å². The molecule has 186 valence electrons. The van der Waals surface area contributed by atoms with Gasteiger partial charge in [-0.1, -0.05) is 6.07 Å². The van der Waals surface area contributed by atoms with Gasteiger partial charge in [0.25, 0.3) is 5.91 Å². The number of likely N-dealkylation sites (tertiary alicyclic amines) is 1. The first-order valence-corrected chi connectivity index (χ1v) is 12.8. The minimum atomic E-state index is -0.676. The third-order valence-electron chi connectivity index (χ3n) is 6.81. The zero-order valence-electron chi connectivity index (χ0n) is 19.6. The second kappa shape index (κ2) is 9.97. The van der Waals surface area contributed by atoms with Gasteiger partial charge in [-0.15, -0.1) is 11.3 Å². The quantitative estimate of drug-likeness (QED) is 0.546. The number of nitrogens with two attached hydrogens (primary N) is 1. The van der Waals surface area contributed by atoms with Crippen molar-refractivity contribution in [1.82, 2.24) is 4.90 Å². The number of rotatable bonds is 4. The summed E-state index contributed by atoms with van der Waals surface area (Å²) in [6, 6.07) is 12.5. The summed E-state index contributed by atoms with van der Waals surface area (Å²) in [6.45, 7) is 2.15. The molecule has 0 spiro atoms. The van der Waals surface area contributed by atoms with Crippen LogP contribution in [-0.4, -0.2) is 54.2 Å². The number of thiophene rings is 1. The number of piperidine rings is 1. The highest BCUT2D eigenvalue weighted by Crippen LogP contribution is 2.42. The van der Waals surface area contributed by atoms with Crippen LogP contribution < -0.4 is 10.6 Å². The molecule has 1 aromatic heterocycles. The molecule has 2 aliphatic rings. The summed E-state index contributed by atoms with van der Waals surface area (Å²) in [4.78, 5) is 17.9. The van der Waals surface area contributed by atoms with Gasteiger partial charge in [0, 0.05) is 53.9 Å². The standard InChI is InChI=1S/C27H26F2N4O2S/c28-23-10-16(3-4-17(23)13-30)22-12-25(27(35)33-8-1-2-18(31)14-33)36-26(22)21-6-5-19(11-24(21)29)32-9-7-20(34)15-32/h3-6,10-12,18,20,34H,1-2,7-9,14-15,31H2. The Balaban J connectivity index is 1.57. The number of carbonyl (C=O) groups is 1. The maximum atomic E-state index is 15.5. The van der Waals surface area contributed by atoms with Crippen molar-refractivity contribution in [1.29, 1.82) is 5.26 Å². The first-order valence-electron chi connectivity index (χ1n) is 12.0. The fourth-order valence-corrected chi connectivity index (χ4v) is 6.07. The maximum Gasteiger partial charge on any atom is 0.264 e. The number of aliphatic hydroxyl groups excluding tert-OH is 1. The summed E-state index contributed by atoms with van der Waals surface area (Å²) in [6.07, 6.45) is 1.88. The molecule has 2 fully saturated rings. The van der Waals surface area contributed by atoms with E-state index >= 15 is 4.39 Å². The Bertz CT molecular complexity index is 1350. The Kier molecular flexibility index (Phi) is 6.75. The van der Waals surface area contributed by atoms with Crippen LogP contribution in [0.2, 0.25) is 0 Å². The topological polar surface area (TPSA) is 93.6 Å². The molecule has 36 heavy (non-hydrogen) atoms. The SMILES string of the molecule is N#Cc1ccc(-c2cc(C(=O)N3CCCC(N)C3)sc2-c2ccc(N3CCC(O)C3)cc2F)cc1F. The summed E-state index contributed by atoms with van der Waals surface area (Å²) >= 11 is 1.17. The van der Waals surface area contributed by atoms with Gasteiger partial charge < -0.3 is 20.6 Å². The van der Waals surface area contributed by atoms with Crippen LogP contribution in [0, 0.1) is 23.0 Å². The lowest BCUT2D eigenvalue weighted by Gasteiger charge is -2.30. The largest absolute Gasteiger partial charge is 0.391 e. The molecule has 3 aromatic rings. The lowest BCUT2D eigenvalue weighted by atomic mass is 10.00. The summed E-state index contributed by atoms with van der Waals surface area (Å²) in [7, 11) is 0. The molecule has 2 unspecified atom stereocenters. The lowest BCUT2D eigenvalue weighted by Crippen LogP contribution is -2.45. The number of carbonyl (C=O) groups excluding carboxylic acids is 1. The molecular weight excluding hydrogens is 482 g/mol. The summed E-state index contributed by atoms with van der Waals surface area (Å²) in [5.41, 5.74) is 7.94. The van der Waals surface area contributed by atoms with E-state index in [-0.39, 0.29) is 17.5 Å². The van der Waals surface area contributed by atoms with E-state index in [1.54, 1.807) is 29.2 Å². The van der Waals surface area contributed by atoms with Crippen molar-refractivity contribution >= 4 is 22.9 Å². The van der Waals surface area contributed by atoms with Gasteiger partial charge in [-0.25, -0.2) is 8.78 Å². The van der Waals surface area contributed by atoms with Crippen LogP contribution in [0.3, 0.4) is 0 Å². The molecule has 3 heterocycles. The van der Waals surface area contributed by atoms with E-state index < -0.39 is 17.7 Å². The Labute approximate surface area is 212 Å². The van der Waals surface area contributed by atoms with E-state index in [4.69, 9.17) is 11.0 Å². The van der Waals surface area contributed by atoms with Crippen LogP contribution in [0.15, 0.2) is 42.5 Å². The molecule has 2 atom stereocenters. The van der Waals surface area contributed by atoms with Gasteiger partial charge in [0.05, 0.1) is 16.5 Å². The minimum Gasteiger partial charge on any atom is -0.391 e. The van der Waals surface area contributed by atoms with Gasteiger partial charge >= 0.3 is 0 Å². The van der Waals surface area contributed by atoms with Crippen LogP contribution in [0.25, 0.3) is 21.6 Å². The highest BCUT2D eigenvalue weighted by molar-refractivity contribution is 7.18. The molecular formula is C27H26F2N4O2S. The number of β-amino-alcohol motifs (C(OH)–C–C–N with tert-alkyl or cyclic N) is 1. The molecule has 1 amide bonds. The van der Waals surface area contributed by atoms with Crippen LogP contribution in [0.1, 0.15) is 34.5 Å². The van der Waals surface area contributed by atoms with E-state index in [0.29, 0.717) is 64.7 Å². The molecule has 3 N–H and O–H groups in total. The number of benzene rings is 2. The van der Waals surface area contributed by atoms with Gasteiger partial charge in [-0.3, -0.25) is 4.79 Å². The van der Waals surface area contributed by atoms with Gasteiger partial charge in [0.1, 0.15) is 17.7 Å². The number of hydrogen-bond acceptors (Lipinski definition) is 6. The summed E-state index contributed by atoms with van der Waals surface area (Å²) in [5.74, 6) is -1.32. The Hall–Kier alpha value is -3.32. The Morgan fingerprint density at radius 2 is 1.89 bits per heavy atom. The summed E-state index contributed by atoms with van der Waals surface area (Å²) < 4.78 is 30.0. The van der Waals surface area contributed by atoms with Crippen molar-refractivity contribution in [2.45, 2.75) is 31.4 Å². The molecule has 2 aromatic carbocycles. The van der Waals surface area contributed by atoms with Crippen LogP contribution in [-0.2, 0) is 0 Å². The molecule has 6 nitrogen and oxygen atoms in total. The first kappa shape index (κ1) is 24.4. The molecule has 9 heteroatoms. The highest BCUT2D eigenvalue weighted by Gasteiger charge is 2.27. The predicted molar refractivity (Wildman–Crippen MR) is 136 cm³/mol. The second-order valence-corrected chi connectivity index (χ2v) is 10.4. The van der Waals surface area contributed by atoms with Crippen molar-refractivity contribution in [2.24, 2.45) is 5.73 Å². The van der Waals surface area contributed by atoms with E-state index in [1.165, 1.54) is 29.5 Å². The highest BCUT2D eigenvalue weighted by atomic mass is 32.1. The first-order chi connectivity index (χ1) is 17.3. The van der Waals surface area contributed by atoms with E-state index in [2.05, 4.69) is 0 Å². The van der Waals surface area contributed by atoms with Crippen LogP contribution >= 0.6 is 11.3 Å². The summed E-state index contributed by atoms with van der Waals surface area (Å²) in [5, 5.41) is 18.9. The Morgan fingerprint density at radius 1 is 1.06 bits per heavy atom. The van der Waals surface area contributed by atoms with Gasteiger partial charge in [-0.05, 0) is 61.2 Å². The molecule has 0 saturated carbocycles. The third kappa shape index (κ3) is 4.72. The van der Waals surface area contributed by atoms with E-state index in [0.717, 1.165) is 12.8 Å². The molecule has 2 aliphatic heterocycles. The molecule has 2 saturated heterocycles. The van der Waals surface area contributed by atoms with Crippen molar-refractivity contribution in [3.63, 3.8) is 0 Å². The van der Waals surface area contributed by atoms with E-state index in [9.17, 15) is 14.3 Å². The monoisotopic (exact) mass is 508 g/mol. The normalized spacial score (nSPS) is 20.0. The van der Waals surface area contributed by atoms with Gasteiger partial charge in [-0.2, -0.15) is 5.26 Å². The second-order valence-electron chi connectivity index (χ2n) is 9.37. The number of halogens is 2. The zero-order chi connectivity index (χ0) is 25.4. The fourth-order valence-electron chi connectivity index (χ4n) is 4.90. The number of aliphatic hydroxyl groups is 1. The predicted octanol–water partition coefficient (Wildman–Crippen LogP) is 4.37. The molecule has 0 bridgehead atoms. The number of nitrogens with zero attached hydrogens (tertiary/aromatic N) is 3. The number of anilines is 1. The molecule has 0 radical (unpaired) electrons. The average Bonchev–Trinajstić information content (AvgIpc) is 3.50. The lowest BCUT2D eigenvalue weighted by molar-refractivity contribution is 0.0713. The van der Waals surface area contributed by atoms with Crippen molar-refractivity contribution in [3.8, 4) is 27.6 Å². The average molecular weight is 509 g/mol. The Morgan fingerprint density at radius 3 is 2.56 bits per heavy atom. The van der Waals surface area contributed by atoms with Gasteiger partial charge in [0.2, 0.25) is 0 Å². The minimum absolute atomic E-state index is 0.0803. The zero-order valence-corrected chi connectivity index (χ0v) is 20.4. The number of hydrogen-bond donors (Lipinski definition) is 2.